The normalized spacial score (nSPS) is 11.8. The van der Waals surface area contributed by atoms with Gasteiger partial charge in [0.2, 0.25) is 15.9 Å². The van der Waals surface area contributed by atoms with Crippen LogP contribution in [-0.2, 0) is 16.6 Å². The van der Waals surface area contributed by atoms with Crippen LogP contribution in [0.4, 0.5) is 0 Å². The van der Waals surface area contributed by atoms with Crippen molar-refractivity contribution in [1.82, 2.24) is 19.9 Å². The highest BCUT2D eigenvalue weighted by Gasteiger charge is 2.26. The van der Waals surface area contributed by atoms with Gasteiger partial charge >= 0.3 is 0 Å². The van der Waals surface area contributed by atoms with Gasteiger partial charge in [-0.25, -0.2) is 13.1 Å². The Kier molecular flexibility index (Phi) is 4.49. The second-order valence-corrected chi connectivity index (χ2v) is 7.72. The molecule has 0 unspecified atom stereocenters. The molecular formula is C17H20N4O3S. The molecule has 0 fully saturated rings. The van der Waals surface area contributed by atoms with Gasteiger partial charge in [-0.05, 0) is 31.9 Å². The van der Waals surface area contributed by atoms with Crippen molar-refractivity contribution in [1.29, 1.82) is 0 Å². The molecule has 0 aliphatic heterocycles. The van der Waals surface area contributed by atoms with E-state index < -0.39 is 10.0 Å². The molecule has 2 heterocycles. The van der Waals surface area contributed by atoms with E-state index in [1.54, 1.807) is 20.8 Å². The van der Waals surface area contributed by atoms with Gasteiger partial charge in [0.25, 0.3) is 5.89 Å². The van der Waals surface area contributed by atoms with E-state index in [0.717, 1.165) is 11.1 Å². The molecule has 2 N–H and O–H groups in total. The number of H-pyrrole nitrogens is 1. The fraction of sp³-hybridized carbons (Fsp3) is 0.294. The van der Waals surface area contributed by atoms with Crippen LogP contribution in [0, 0.1) is 27.7 Å². The van der Waals surface area contributed by atoms with E-state index in [1.165, 1.54) is 0 Å². The second kappa shape index (κ2) is 6.45. The van der Waals surface area contributed by atoms with Gasteiger partial charge in [-0.15, -0.1) is 10.2 Å². The molecule has 0 aliphatic carbocycles. The lowest BCUT2D eigenvalue weighted by Gasteiger charge is -2.08. The molecular weight excluding hydrogens is 340 g/mol. The summed E-state index contributed by atoms with van der Waals surface area (Å²) >= 11 is 0. The van der Waals surface area contributed by atoms with E-state index in [2.05, 4.69) is 19.9 Å². The molecule has 0 saturated heterocycles. The van der Waals surface area contributed by atoms with Gasteiger partial charge in [-0.1, -0.05) is 29.8 Å². The van der Waals surface area contributed by atoms with Crippen LogP contribution in [0.15, 0.2) is 33.6 Å². The third kappa shape index (κ3) is 3.49. The Morgan fingerprint density at radius 1 is 1.08 bits per heavy atom. The maximum absolute atomic E-state index is 12.8. The molecule has 1 aromatic carbocycles. The summed E-state index contributed by atoms with van der Waals surface area (Å²) in [6.45, 7) is 7.32. The van der Waals surface area contributed by atoms with Gasteiger partial charge in [0.1, 0.15) is 10.6 Å². The number of aryl methyl sites for hydroxylation is 3. The molecule has 0 saturated carbocycles. The third-order valence-corrected chi connectivity index (χ3v) is 5.64. The lowest BCUT2D eigenvalue weighted by Crippen LogP contribution is -2.24. The molecule has 7 nitrogen and oxygen atoms in total. The summed E-state index contributed by atoms with van der Waals surface area (Å²) in [7, 11) is -3.68. The number of aromatic amines is 1. The number of sulfonamides is 1. The number of aromatic nitrogens is 3. The molecule has 0 radical (unpaired) electrons. The lowest BCUT2D eigenvalue weighted by molar-refractivity contribution is 0.531. The molecule has 0 bridgehead atoms. The zero-order valence-electron chi connectivity index (χ0n) is 14.5. The molecule has 3 aromatic rings. The average molecular weight is 360 g/mol. The van der Waals surface area contributed by atoms with E-state index in [1.807, 2.05) is 31.2 Å². The highest BCUT2D eigenvalue weighted by Crippen LogP contribution is 2.29. The molecule has 0 atom stereocenters. The van der Waals surface area contributed by atoms with Gasteiger partial charge in [0.05, 0.1) is 0 Å². The SMILES string of the molecule is Cc1ccc(CNS(=O)(=O)c2c(C)[nH]c(-c3nnc(C)o3)c2C)cc1. The summed E-state index contributed by atoms with van der Waals surface area (Å²) in [5, 5.41) is 7.74. The van der Waals surface area contributed by atoms with Crippen molar-refractivity contribution in [2.75, 3.05) is 0 Å². The lowest BCUT2D eigenvalue weighted by atomic mass is 10.2. The standard InChI is InChI=1S/C17H20N4O3S/c1-10-5-7-14(8-6-10)9-18-25(22,23)16-11(2)15(19-12(16)3)17-21-20-13(4)24-17/h5-8,18-19H,9H2,1-4H3. The van der Waals surface area contributed by atoms with Crippen LogP contribution in [0.3, 0.4) is 0 Å². The van der Waals surface area contributed by atoms with Crippen LogP contribution in [0.2, 0.25) is 0 Å². The second-order valence-electron chi connectivity index (χ2n) is 6.02. The Labute approximate surface area is 146 Å². The first-order chi connectivity index (χ1) is 11.8. The van der Waals surface area contributed by atoms with Gasteiger partial charge in [0.15, 0.2) is 0 Å². The number of rotatable bonds is 5. The van der Waals surface area contributed by atoms with Crippen molar-refractivity contribution in [3.63, 3.8) is 0 Å². The highest BCUT2D eigenvalue weighted by atomic mass is 32.2. The molecule has 0 spiro atoms. The Morgan fingerprint density at radius 2 is 1.76 bits per heavy atom. The zero-order chi connectivity index (χ0) is 18.2. The smallest absolute Gasteiger partial charge is 0.264 e. The summed E-state index contributed by atoms with van der Waals surface area (Å²) in [5.74, 6) is 0.696. The minimum absolute atomic E-state index is 0.213. The van der Waals surface area contributed by atoms with Gasteiger partial charge in [-0.3, -0.25) is 0 Å². The van der Waals surface area contributed by atoms with Gasteiger partial charge in [-0.2, -0.15) is 0 Å². The first-order valence-corrected chi connectivity index (χ1v) is 9.31. The van der Waals surface area contributed by atoms with Crippen LogP contribution >= 0.6 is 0 Å². The maximum atomic E-state index is 12.8. The molecule has 132 valence electrons. The van der Waals surface area contributed by atoms with Crippen molar-refractivity contribution < 1.29 is 12.8 Å². The quantitative estimate of drug-likeness (QED) is 0.728. The van der Waals surface area contributed by atoms with Crippen molar-refractivity contribution in [2.45, 2.75) is 39.1 Å². The number of benzene rings is 1. The fourth-order valence-corrected chi connectivity index (χ4v) is 4.16. The van der Waals surface area contributed by atoms with Crippen LogP contribution in [0.5, 0.6) is 0 Å². The zero-order valence-corrected chi connectivity index (χ0v) is 15.4. The topological polar surface area (TPSA) is 101 Å². The van der Waals surface area contributed by atoms with E-state index in [-0.39, 0.29) is 17.3 Å². The maximum Gasteiger partial charge on any atom is 0.264 e. The van der Waals surface area contributed by atoms with Crippen LogP contribution in [0.25, 0.3) is 11.6 Å². The highest BCUT2D eigenvalue weighted by molar-refractivity contribution is 7.89. The van der Waals surface area contributed by atoms with E-state index in [4.69, 9.17) is 4.42 Å². The molecule has 2 aromatic heterocycles. The minimum Gasteiger partial charge on any atom is -0.420 e. The van der Waals surface area contributed by atoms with Gasteiger partial charge in [0, 0.05) is 19.2 Å². The summed E-state index contributed by atoms with van der Waals surface area (Å²) in [6.07, 6.45) is 0. The molecule has 8 heteroatoms. The molecule has 25 heavy (non-hydrogen) atoms. The third-order valence-electron chi connectivity index (χ3n) is 3.96. The number of nitrogens with one attached hydrogen (secondary N) is 2. The number of nitrogens with zero attached hydrogens (tertiary/aromatic N) is 2. The first kappa shape index (κ1) is 17.4. The summed E-state index contributed by atoms with van der Waals surface area (Å²) in [6, 6.07) is 7.71. The van der Waals surface area contributed by atoms with Crippen LogP contribution in [0.1, 0.15) is 28.3 Å². The van der Waals surface area contributed by atoms with Crippen molar-refractivity contribution >= 4 is 10.0 Å². The Morgan fingerprint density at radius 3 is 2.36 bits per heavy atom. The van der Waals surface area contributed by atoms with Crippen molar-refractivity contribution in [3.8, 4) is 11.6 Å². The Bertz CT molecular complexity index is 1000. The summed E-state index contributed by atoms with van der Waals surface area (Å²) in [5.41, 5.74) is 3.63. The van der Waals surface area contributed by atoms with Crippen molar-refractivity contribution in [3.05, 3.63) is 52.5 Å². The average Bonchev–Trinajstić information content (AvgIpc) is 3.10. The predicted octanol–water partition coefficient (Wildman–Crippen LogP) is 2.78. The summed E-state index contributed by atoms with van der Waals surface area (Å²) in [4.78, 5) is 3.25. The van der Waals surface area contributed by atoms with Gasteiger partial charge < -0.3 is 9.40 Å². The molecule has 0 aliphatic rings. The monoisotopic (exact) mass is 360 g/mol. The van der Waals surface area contributed by atoms with E-state index in [0.29, 0.717) is 22.8 Å². The van der Waals surface area contributed by atoms with Crippen LogP contribution in [-0.4, -0.2) is 23.6 Å². The largest absolute Gasteiger partial charge is 0.420 e. The first-order valence-electron chi connectivity index (χ1n) is 7.83. The minimum atomic E-state index is -3.68. The van der Waals surface area contributed by atoms with Crippen LogP contribution < -0.4 is 4.72 Å². The number of hydrogen-bond acceptors (Lipinski definition) is 5. The fourth-order valence-electron chi connectivity index (χ4n) is 2.70. The molecule has 0 amide bonds. The Balaban J connectivity index is 1.89. The van der Waals surface area contributed by atoms with E-state index in [9.17, 15) is 8.42 Å². The Hall–Kier alpha value is -2.45. The van der Waals surface area contributed by atoms with Crippen molar-refractivity contribution in [2.24, 2.45) is 0 Å². The molecule has 3 rings (SSSR count). The summed E-state index contributed by atoms with van der Waals surface area (Å²) < 4.78 is 33.6. The van der Waals surface area contributed by atoms with E-state index >= 15 is 0 Å². The predicted molar refractivity (Wildman–Crippen MR) is 93.5 cm³/mol. The number of hydrogen-bond donors (Lipinski definition) is 2.